The van der Waals surface area contributed by atoms with E-state index in [4.69, 9.17) is 0 Å². The Bertz CT molecular complexity index is 1040. The minimum Gasteiger partial charge on any atom is -0.505 e. The van der Waals surface area contributed by atoms with Gasteiger partial charge in [-0.2, -0.15) is 4.48 Å². The first-order chi connectivity index (χ1) is 13.6. The minimum atomic E-state index is -0.142. The van der Waals surface area contributed by atoms with Gasteiger partial charge in [0.15, 0.2) is 17.1 Å². The predicted molar refractivity (Wildman–Crippen MR) is 113 cm³/mol. The second-order valence-electron chi connectivity index (χ2n) is 7.20. The van der Waals surface area contributed by atoms with E-state index in [1.54, 1.807) is 19.0 Å². The van der Waals surface area contributed by atoms with Gasteiger partial charge in [0.05, 0.1) is 5.56 Å². The van der Waals surface area contributed by atoms with Gasteiger partial charge in [-0.1, -0.05) is 60.7 Å². The van der Waals surface area contributed by atoms with Crippen LogP contribution >= 0.6 is 0 Å². The van der Waals surface area contributed by atoms with E-state index >= 15 is 0 Å². The third kappa shape index (κ3) is 2.70. The fraction of sp³-hybridized carbons (Fsp3) is 0.125. The summed E-state index contributed by atoms with van der Waals surface area (Å²) < 4.78 is -0.00139. The Morgan fingerprint density at radius 2 is 1.39 bits per heavy atom. The lowest BCUT2D eigenvalue weighted by molar-refractivity contribution is -0.125. The highest BCUT2D eigenvalue weighted by atomic mass is 16.3. The van der Waals surface area contributed by atoms with Crippen LogP contribution in [-0.4, -0.2) is 30.0 Å². The molecule has 0 saturated heterocycles. The van der Waals surface area contributed by atoms with Crippen LogP contribution in [0.2, 0.25) is 0 Å². The summed E-state index contributed by atoms with van der Waals surface area (Å²) in [4.78, 5) is 15.7. The molecule has 0 spiro atoms. The number of carbonyl (C=O) groups excluding carboxylic acids is 1. The Morgan fingerprint density at radius 1 is 0.821 bits per heavy atom. The fourth-order valence-corrected chi connectivity index (χ4v) is 3.97. The molecule has 1 N–H and O–H groups in total. The zero-order valence-corrected chi connectivity index (χ0v) is 16.0. The quantitative estimate of drug-likeness (QED) is 0.666. The van der Waals surface area contributed by atoms with E-state index in [1.165, 1.54) is 0 Å². The number of hydrogen-bond acceptors (Lipinski definition) is 3. The highest BCUT2D eigenvalue weighted by molar-refractivity contribution is 6.13. The van der Waals surface area contributed by atoms with E-state index in [0.717, 1.165) is 16.9 Å². The molecule has 0 radical (unpaired) electrons. The second kappa shape index (κ2) is 6.98. The van der Waals surface area contributed by atoms with Crippen molar-refractivity contribution < 1.29 is 9.90 Å². The Morgan fingerprint density at radius 3 is 2.04 bits per heavy atom. The third-order valence-corrected chi connectivity index (χ3v) is 5.25. The van der Waals surface area contributed by atoms with Crippen LogP contribution < -0.4 is 4.48 Å². The first kappa shape index (κ1) is 18.0. The van der Waals surface area contributed by atoms with Crippen molar-refractivity contribution in [2.75, 3.05) is 14.1 Å². The second-order valence-corrected chi connectivity index (χ2v) is 7.20. The number of nitrogens with zero attached hydrogens (tertiary/aromatic N) is 2. The average molecular weight is 371 g/mol. The van der Waals surface area contributed by atoms with Gasteiger partial charge in [-0.25, -0.2) is 4.79 Å². The van der Waals surface area contributed by atoms with Crippen LogP contribution in [0.4, 0.5) is 11.4 Å². The topological polar surface area (TPSA) is 40.5 Å². The summed E-state index contributed by atoms with van der Waals surface area (Å²) >= 11 is 0. The molecule has 3 aromatic rings. The Kier molecular flexibility index (Phi) is 4.49. The standard InChI is InChI=1S/C24H22N2O2/c1-25(2)22-23(27)20-15-9-10-16-21(20)26(24(22)28,19-13-7-4-8-14-19)17-18-11-5-3-6-12-18/h3-16H,17H2,1-2H3/p+1. The van der Waals surface area contributed by atoms with Gasteiger partial charge in [0.1, 0.15) is 12.2 Å². The molecule has 140 valence electrons. The lowest BCUT2D eigenvalue weighted by Crippen LogP contribution is -2.54. The maximum Gasteiger partial charge on any atom is 0.376 e. The summed E-state index contributed by atoms with van der Waals surface area (Å²) in [5.74, 6) is -0.111. The van der Waals surface area contributed by atoms with E-state index in [-0.39, 0.29) is 16.1 Å². The molecular weight excluding hydrogens is 348 g/mol. The number of amides is 1. The zero-order chi connectivity index (χ0) is 19.7. The number of quaternary nitrogens is 1. The van der Waals surface area contributed by atoms with Crippen LogP contribution in [0.15, 0.2) is 90.6 Å². The molecule has 0 bridgehead atoms. The van der Waals surface area contributed by atoms with Gasteiger partial charge >= 0.3 is 5.91 Å². The number of para-hydroxylation sites is 2. The van der Waals surface area contributed by atoms with Crippen molar-refractivity contribution in [2.24, 2.45) is 0 Å². The zero-order valence-electron chi connectivity index (χ0n) is 16.0. The molecule has 0 aromatic heterocycles. The predicted octanol–water partition coefficient (Wildman–Crippen LogP) is 4.85. The van der Waals surface area contributed by atoms with Gasteiger partial charge in [0.25, 0.3) is 0 Å². The van der Waals surface area contributed by atoms with E-state index in [2.05, 4.69) is 0 Å². The summed E-state index contributed by atoms with van der Waals surface area (Å²) in [6.07, 6.45) is 0. The first-order valence-electron chi connectivity index (χ1n) is 9.29. The SMILES string of the molecule is CN(C)C1=C(O)c2ccccc2[N+](Cc2ccccc2)(c2ccccc2)C1=O. The minimum absolute atomic E-state index is 0.00139. The van der Waals surface area contributed by atoms with Crippen LogP contribution in [0.3, 0.4) is 0 Å². The smallest absolute Gasteiger partial charge is 0.376 e. The van der Waals surface area contributed by atoms with Crippen molar-refractivity contribution in [1.29, 1.82) is 0 Å². The molecule has 1 unspecified atom stereocenters. The Balaban J connectivity index is 2.06. The van der Waals surface area contributed by atoms with E-state index in [9.17, 15) is 9.90 Å². The number of likely N-dealkylation sites (N-methyl/N-ethyl adjacent to an activating group) is 1. The normalized spacial score (nSPS) is 18.7. The number of rotatable bonds is 4. The van der Waals surface area contributed by atoms with Gasteiger partial charge in [-0.3, -0.25) is 0 Å². The van der Waals surface area contributed by atoms with Crippen molar-refractivity contribution in [3.05, 3.63) is 102 Å². The highest BCUT2D eigenvalue weighted by Gasteiger charge is 2.50. The monoisotopic (exact) mass is 371 g/mol. The van der Waals surface area contributed by atoms with Gasteiger partial charge in [-0.05, 0) is 6.07 Å². The summed E-state index contributed by atoms with van der Waals surface area (Å²) in [6, 6.07) is 27.4. The Labute approximate surface area is 165 Å². The molecule has 1 aliphatic rings. The number of hydrogen-bond donors (Lipinski definition) is 1. The molecule has 4 heteroatoms. The molecule has 4 nitrogen and oxygen atoms in total. The van der Waals surface area contributed by atoms with E-state index in [1.807, 2.05) is 84.9 Å². The van der Waals surface area contributed by atoms with Gasteiger partial charge < -0.3 is 10.0 Å². The lowest BCUT2D eigenvalue weighted by atomic mass is 9.96. The molecule has 1 atom stereocenters. The van der Waals surface area contributed by atoms with Crippen molar-refractivity contribution in [1.82, 2.24) is 9.38 Å². The molecular formula is C24H23N2O2+. The highest BCUT2D eigenvalue weighted by Crippen LogP contribution is 2.46. The van der Waals surface area contributed by atoms with Crippen molar-refractivity contribution in [2.45, 2.75) is 6.54 Å². The third-order valence-electron chi connectivity index (χ3n) is 5.25. The number of aliphatic hydroxyl groups is 1. The maximum absolute atomic E-state index is 14.0. The van der Waals surface area contributed by atoms with Crippen molar-refractivity contribution in [3.63, 3.8) is 0 Å². The van der Waals surface area contributed by atoms with Crippen LogP contribution in [-0.2, 0) is 11.3 Å². The molecule has 1 heterocycles. The molecule has 28 heavy (non-hydrogen) atoms. The molecule has 1 aliphatic heterocycles. The lowest BCUT2D eigenvalue weighted by Gasteiger charge is -2.40. The first-order valence-corrected chi connectivity index (χ1v) is 9.29. The molecule has 4 rings (SSSR count). The summed E-state index contributed by atoms with van der Waals surface area (Å²) in [5, 5.41) is 10.9. The molecule has 0 saturated carbocycles. The molecule has 0 fully saturated rings. The Hall–Kier alpha value is -3.37. The van der Waals surface area contributed by atoms with Crippen LogP contribution in [0.1, 0.15) is 11.1 Å². The van der Waals surface area contributed by atoms with Gasteiger partial charge in [0, 0.05) is 37.9 Å². The van der Waals surface area contributed by atoms with Gasteiger partial charge in [0.2, 0.25) is 0 Å². The number of aliphatic hydroxyl groups excluding tert-OH is 1. The van der Waals surface area contributed by atoms with Crippen molar-refractivity contribution in [3.8, 4) is 0 Å². The van der Waals surface area contributed by atoms with Crippen molar-refractivity contribution >= 4 is 23.0 Å². The summed E-state index contributed by atoms with van der Waals surface area (Å²) in [5.41, 5.74) is 3.71. The number of carbonyl (C=O) groups is 1. The number of fused-ring (bicyclic) bond motifs is 1. The largest absolute Gasteiger partial charge is 0.505 e. The molecule has 3 aromatic carbocycles. The van der Waals surface area contributed by atoms with Gasteiger partial charge in [-0.15, -0.1) is 0 Å². The maximum atomic E-state index is 14.0. The summed E-state index contributed by atoms with van der Waals surface area (Å²) in [7, 11) is 3.58. The average Bonchev–Trinajstić information content (AvgIpc) is 2.72. The van der Waals surface area contributed by atoms with E-state index < -0.39 is 0 Å². The molecule has 1 amide bonds. The fourth-order valence-electron chi connectivity index (χ4n) is 3.97. The molecule has 0 aliphatic carbocycles. The van der Waals surface area contributed by atoms with Crippen LogP contribution in [0, 0.1) is 0 Å². The number of benzene rings is 3. The van der Waals surface area contributed by atoms with E-state index in [0.29, 0.717) is 17.8 Å². The van der Waals surface area contributed by atoms with Crippen LogP contribution in [0.5, 0.6) is 0 Å². The summed E-state index contributed by atoms with van der Waals surface area (Å²) in [6.45, 7) is 0.464. The van der Waals surface area contributed by atoms with Crippen LogP contribution in [0.25, 0.3) is 5.76 Å².